The molecule has 0 aliphatic carbocycles. The van der Waals surface area contributed by atoms with Gasteiger partial charge in [0.2, 0.25) is 0 Å². The van der Waals surface area contributed by atoms with Gasteiger partial charge in [0.25, 0.3) is 5.95 Å². The third-order valence-electron chi connectivity index (χ3n) is 2.33. The summed E-state index contributed by atoms with van der Waals surface area (Å²) < 4.78 is 10.7. The Kier molecular flexibility index (Phi) is 1.36. The quantitative estimate of drug-likeness (QED) is 0.510. The Morgan fingerprint density at radius 1 is 1.64 bits per heavy atom. The Bertz CT molecular complexity index is 193. The lowest BCUT2D eigenvalue weighted by molar-refractivity contribution is 0.0589. The molecule has 1 unspecified atom stereocenters. The lowest BCUT2D eigenvalue weighted by Gasteiger charge is -2.18. The van der Waals surface area contributed by atoms with E-state index in [0.717, 1.165) is 19.5 Å². The standard InChI is InChI=1S/C8H13NO2/c1-7-10-6-8(11-7)3-4-9(2)5-8/h1,3-6H2,2H3. The van der Waals surface area contributed by atoms with Gasteiger partial charge in [0.1, 0.15) is 6.61 Å². The van der Waals surface area contributed by atoms with Gasteiger partial charge in [-0.25, -0.2) is 0 Å². The molecule has 0 radical (unpaired) electrons. The molecule has 2 saturated heterocycles. The van der Waals surface area contributed by atoms with Crippen LogP contribution < -0.4 is 0 Å². The van der Waals surface area contributed by atoms with Crippen molar-refractivity contribution >= 4 is 0 Å². The van der Waals surface area contributed by atoms with Crippen LogP contribution in [0.5, 0.6) is 0 Å². The molecule has 2 fully saturated rings. The highest BCUT2D eigenvalue weighted by Crippen LogP contribution is 2.32. The molecule has 0 aromatic carbocycles. The zero-order chi connectivity index (χ0) is 7.90. The molecule has 0 aromatic rings. The minimum Gasteiger partial charge on any atom is -0.462 e. The Balaban J connectivity index is 2.07. The largest absolute Gasteiger partial charge is 0.462 e. The van der Waals surface area contributed by atoms with Crippen LogP contribution in [0.4, 0.5) is 0 Å². The highest BCUT2D eigenvalue weighted by Gasteiger charge is 2.44. The van der Waals surface area contributed by atoms with Crippen LogP contribution in [-0.4, -0.2) is 37.2 Å². The van der Waals surface area contributed by atoms with Crippen molar-refractivity contribution in [2.45, 2.75) is 12.0 Å². The van der Waals surface area contributed by atoms with E-state index in [0.29, 0.717) is 12.6 Å². The second-order valence-electron chi connectivity index (χ2n) is 3.43. The molecule has 2 heterocycles. The molecule has 0 bridgehead atoms. The second kappa shape index (κ2) is 2.14. The van der Waals surface area contributed by atoms with Crippen molar-refractivity contribution in [3.05, 3.63) is 12.5 Å². The molecule has 11 heavy (non-hydrogen) atoms. The number of hydrogen-bond acceptors (Lipinski definition) is 3. The van der Waals surface area contributed by atoms with E-state index < -0.39 is 0 Å². The minimum atomic E-state index is -0.0637. The molecule has 0 aromatic heterocycles. The van der Waals surface area contributed by atoms with Gasteiger partial charge in [0.15, 0.2) is 5.60 Å². The lowest BCUT2D eigenvalue weighted by Crippen LogP contribution is -2.34. The van der Waals surface area contributed by atoms with Crippen LogP contribution in [0.15, 0.2) is 12.5 Å². The van der Waals surface area contributed by atoms with E-state index in [1.165, 1.54) is 0 Å². The van der Waals surface area contributed by atoms with Gasteiger partial charge in [-0.1, -0.05) is 0 Å². The molecule has 1 spiro atoms. The first-order valence-corrected chi connectivity index (χ1v) is 3.89. The van der Waals surface area contributed by atoms with Gasteiger partial charge in [-0.2, -0.15) is 0 Å². The number of rotatable bonds is 0. The fourth-order valence-corrected chi connectivity index (χ4v) is 1.76. The molecular weight excluding hydrogens is 142 g/mol. The van der Waals surface area contributed by atoms with Gasteiger partial charge in [0, 0.05) is 19.5 Å². The maximum absolute atomic E-state index is 5.52. The second-order valence-corrected chi connectivity index (χ2v) is 3.43. The maximum atomic E-state index is 5.52. The Morgan fingerprint density at radius 2 is 2.45 bits per heavy atom. The summed E-state index contributed by atoms with van der Waals surface area (Å²) in [6.07, 6.45) is 1.06. The molecule has 2 aliphatic rings. The van der Waals surface area contributed by atoms with Crippen LogP contribution in [0.3, 0.4) is 0 Å². The fourth-order valence-electron chi connectivity index (χ4n) is 1.76. The lowest BCUT2D eigenvalue weighted by atomic mass is 10.1. The van der Waals surface area contributed by atoms with Crippen LogP contribution in [0.25, 0.3) is 0 Å². The summed E-state index contributed by atoms with van der Waals surface area (Å²) in [6.45, 7) is 6.37. The van der Waals surface area contributed by atoms with E-state index >= 15 is 0 Å². The Morgan fingerprint density at radius 3 is 2.91 bits per heavy atom. The first-order valence-electron chi connectivity index (χ1n) is 3.89. The number of nitrogens with zero attached hydrogens (tertiary/aromatic N) is 1. The van der Waals surface area contributed by atoms with E-state index in [1.54, 1.807) is 0 Å². The Labute approximate surface area is 66.6 Å². The number of likely N-dealkylation sites (tertiary alicyclic amines) is 1. The van der Waals surface area contributed by atoms with Crippen LogP contribution in [0, 0.1) is 0 Å². The molecule has 0 saturated carbocycles. The van der Waals surface area contributed by atoms with Gasteiger partial charge in [0.05, 0.1) is 0 Å². The summed E-state index contributed by atoms with van der Waals surface area (Å²) in [5.41, 5.74) is -0.0637. The number of hydrogen-bond donors (Lipinski definition) is 0. The average Bonchev–Trinajstić information content (AvgIpc) is 2.44. The monoisotopic (exact) mass is 155 g/mol. The van der Waals surface area contributed by atoms with Crippen LogP contribution in [0.2, 0.25) is 0 Å². The molecule has 3 nitrogen and oxygen atoms in total. The topological polar surface area (TPSA) is 21.7 Å². The van der Waals surface area contributed by atoms with Gasteiger partial charge in [-0.05, 0) is 13.6 Å². The van der Waals surface area contributed by atoms with E-state index in [9.17, 15) is 0 Å². The van der Waals surface area contributed by atoms with Crippen LogP contribution >= 0.6 is 0 Å². The third-order valence-corrected chi connectivity index (χ3v) is 2.33. The number of ether oxygens (including phenoxy) is 2. The normalized spacial score (nSPS) is 37.7. The molecule has 3 heteroatoms. The first-order chi connectivity index (χ1) is 5.20. The molecule has 1 atom stereocenters. The summed E-state index contributed by atoms with van der Waals surface area (Å²) in [5.74, 6) is 0.486. The summed E-state index contributed by atoms with van der Waals surface area (Å²) in [5, 5.41) is 0. The van der Waals surface area contributed by atoms with Crippen molar-refractivity contribution in [2.24, 2.45) is 0 Å². The van der Waals surface area contributed by atoms with Gasteiger partial charge in [-0.3, -0.25) is 0 Å². The van der Waals surface area contributed by atoms with E-state index in [1.807, 2.05) is 0 Å². The smallest absolute Gasteiger partial charge is 0.272 e. The average molecular weight is 155 g/mol. The molecular formula is C8H13NO2. The first kappa shape index (κ1) is 6.98. The minimum absolute atomic E-state index is 0.0637. The van der Waals surface area contributed by atoms with Crippen molar-refractivity contribution in [1.29, 1.82) is 0 Å². The highest BCUT2D eigenvalue weighted by molar-refractivity contribution is 4.98. The van der Waals surface area contributed by atoms with E-state index in [-0.39, 0.29) is 5.60 Å². The van der Waals surface area contributed by atoms with Crippen LogP contribution in [-0.2, 0) is 9.47 Å². The van der Waals surface area contributed by atoms with Crippen LogP contribution in [0.1, 0.15) is 6.42 Å². The van der Waals surface area contributed by atoms with Crippen molar-refractivity contribution < 1.29 is 9.47 Å². The predicted molar refractivity (Wildman–Crippen MR) is 41.0 cm³/mol. The van der Waals surface area contributed by atoms with Gasteiger partial charge >= 0.3 is 0 Å². The van der Waals surface area contributed by atoms with Gasteiger partial charge < -0.3 is 14.4 Å². The van der Waals surface area contributed by atoms with Crippen molar-refractivity contribution in [3.8, 4) is 0 Å². The third kappa shape index (κ3) is 1.09. The summed E-state index contributed by atoms with van der Waals surface area (Å²) in [6, 6.07) is 0. The van der Waals surface area contributed by atoms with Crippen molar-refractivity contribution in [2.75, 3.05) is 26.7 Å². The van der Waals surface area contributed by atoms with Crippen molar-refractivity contribution in [1.82, 2.24) is 4.90 Å². The SMILES string of the molecule is C=C1OCC2(CCN(C)C2)O1. The Hall–Kier alpha value is -0.700. The fraction of sp³-hybridized carbons (Fsp3) is 0.750. The molecule has 0 amide bonds. The predicted octanol–water partition coefficient (Wildman–Crippen LogP) is 0.579. The highest BCUT2D eigenvalue weighted by atomic mass is 16.7. The molecule has 0 N–H and O–H groups in total. The summed E-state index contributed by atoms with van der Waals surface area (Å²) in [4.78, 5) is 2.25. The maximum Gasteiger partial charge on any atom is 0.272 e. The van der Waals surface area contributed by atoms with E-state index in [4.69, 9.17) is 9.47 Å². The zero-order valence-corrected chi connectivity index (χ0v) is 6.80. The summed E-state index contributed by atoms with van der Waals surface area (Å²) >= 11 is 0. The molecule has 62 valence electrons. The van der Waals surface area contributed by atoms with Gasteiger partial charge in [-0.15, -0.1) is 0 Å². The number of likely N-dealkylation sites (N-methyl/N-ethyl adjacent to an activating group) is 1. The molecule has 2 rings (SSSR count). The van der Waals surface area contributed by atoms with E-state index in [2.05, 4.69) is 18.5 Å². The summed E-state index contributed by atoms with van der Waals surface area (Å²) in [7, 11) is 2.10. The molecule has 2 aliphatic heterocycles. The van der Waals surface area contributed by atoms with Crippen molar-refractivity contribution in [3.63, 3.8) is 0 Å². The zero-order valence-electron chi connectivity index (χ0n) is 6.80.